The van der Waals surface area contributed by atoms with E-state index in [9.17, 15) is 0 Å². The van der Waals surface area contributed by atoms with Gasteiger partial charge in [-0.2, -0.15) is 0 Å². The van der Waals surface area contributed by atoms with Crippen LogP contribution in [0, 0.1) is 0 Å². The predicted octanol–water partition coefficient (Wildman–Crippen LogP) is 13.2. The summed E-state index contributed by atoms with van der Waals surface area (Å²) in [6.45, 7) is 0. The number of furan rings is 1. The number of rotatable bonds is 3. The fourth-order valence-corrected chi connectivity index (χ4v) is 7.88. The zero-order valence-corrected chi connectivity index (χ0v) is 25.6. The minimum Gasteiger partial charge on any atom is -0.456 e. The summed E-state index contributed by atoms with van der Waals surface area (Å²) in [7, 11) is 0. The minimum absolute atomic E-state index is 0.902. The standard InChI is InChI=1S/C46H28O/c1-2-13-29(14-3-1)32-27-28-42-45(40-21-10-11-24-41(40)47-42)46(32)44-38-19-8-6-17-36(38)43(37-18-7-9-20-39(37)44)35-23-12-22-33-31-16-5-4-15-30(31)25-26-34(33)35/h1-28H. The molecule has 0 saturated carbocycles. The van der Waals surface area contributed by atoms with Gasteiger partial charge in [0.1, 0.15) is 11.2 Å². The second-order valence-electron chi connectivity index (χ2n) is 12.4. The van der Waals surface area contributed by atoms with Crippen LogP contribution < -0.4 is 0 Å². The van der Waals surface area contributed by atoms with Crippen LogP contribution in [-0.4, -0.2) is 0 Å². The molecule has 0 atom stereocenters. The van der Waals surface area contributed by atoms with Crippen molar-refractivity contribution >= 4 is 65.0 Å². The molecule has 1 nitrogen and oxygen atoms in total. The third-order valence-corrected chi connectivity index (χ3v) is 9.87. The molecular weight excluding hydrogens is 569 g/mol. The van der Waals surface area contributed by atoms with E-state index < -0.39 is 0 Å². The normalized spacial score (nSPS) is 11.8. The van der Waals surface area contributed by atoms with Gasteiger partial charge in [0.05, 0.1) is 0 Å². The molecule has 218 valence electrons. The Morgan fingerprint density at radius 2 is 0.872 bits per heavy atom. The van der Waals surface area contributed by atoms with Crippen LogP contribution in [0.4, 0.5) is 0 Å². The fraction of sp³-hybridized carbons (Fsp3) is 0. The van der Waals surface area contributed by atoms with Gasteiger partial charge in [-0.25, -0.2) is 0 Å². The van der Waals surface area contributed by atoms with Crippen molar-refractivity contribution in [3.8, 4) is 33.4 Å². The van der Waals surface area contributed by atoms with Crippen molar-refractivity contribution in [1.29, 1.82) is 0 Å². The first-order valence-corrected chi connectivity index (χ1v) is 16.2. The highest BCUT2D eigenvalue weighted by molar-refractivity contribution is 6.29. The molecule has 1 heterocycles. The van der Waals surface area contributed by atoms with Crippen molar-refractivity contribution in [2.45, 2.75) is 0 Å². The monoisotopic (exact) mass is 596 g/mol. The molecule has 0 saturated heterocycles. The molecule has 47 heavy (non-hydrogen) atoms. The summed E-state index contributed by atoms with van der Waals surface area (Å²) in [6.07, 6.45) is 0. The number of hydrogen-bond acceptors (Lipinski definition) is 1. The minimum atomic E-state index is 0.902. The van der Waals surface area contributed by atoms with Crippen LogP contribution in [0.25, 0.3) is 98.4 Å². The summed E-state index contributed by atoms with van der Waals surface area (Å²) < 4.78 is 6.51. The molecule has 0 aliphatic rings. The molecule has 10 aromatic rings. The topological polar surface area (TPSA) is 13.1 Å². The van der Waals surface area contributed by atoms with E-state index in [-0.39, 0.29) is 0 Å². The summed E-state index contributed by atoms with van der Waals surface area (Å²) in [5, 5.41) is 12.3. The lowest BCUT2D eigenvalue weighted by molar-refractivity contribution is 0.669. The van der Waals surface area contributed by atoms with Crippen LogP contribution in [0.5, 0.6) is 0 Å². The summed E-state index contributed by atoms with van der Waals surface area (Å²) in [5.41, 5.74) is 9.16. The Kier molecular flexibility index (Phi) is 5.64. The van der Waals surface area contributed by atoms with Gasteiger partial charge in [-0.1, -0.05) is 158 Å². The van der Waals surface area contributed by atoms with Crippen molar-refractivity contribution in [3.63, 3.8) is 0 Å². The van der Waals surface area contributed by atoms with Gasteiger partial charge in [0.15, 0.2) is 0 Å². The zero-order valence-electron chi connectivity index (χ0n) is 25.6. The first-order valence-electron chi connectivity index (χ1n) is 16.2. The maximum Gasteiger partial charge on any atom is 0.136 e. The Morgan fingerprint density at radius 3 is 1.62 bits per heavy atom. The van der Waals surface area contributed by atoms with E-state index >= 15 is 0 Å². The molecule has 0 aliphatic carbocycles. The third kappa shape index (κ3) is 3.84. The molecule has 0 radical (unpaired) electrons. The molecule has 0 spiro atoms. The largest absolute Gasteiger partial charge is 0.456 e. The van der Waals surface area contributed by atoms with Crippen molar-refractivity contribution < 1.29 is 4.42 Å². The molecule has 0 unspecified atom stereocenters. The van der Waals surface area contributed by atoms with Crippen LogP contribution in [0.15, 0.2) is 174 Å². The SMILES string of the molecule is c1ccc(-c2ccc3oc4ccccc4c3c2-c2c3ccccc3c(-c3cccc4c3ccc3ccccc34)c3ccccc23)cc1. The van der Waals surface area contributed by atoms with E-state index in [0.717, 1.165) is 21.9 Å². The quantitative estimate of drug-likeness (QED) is 0.146. The third-order valence-electron chi connectivity index (χ3n) is 9.87. The maximum atomic E-state index is 6.51. The van der Waals surface area contributed by atoms with Crippen LogP contribution in [-0.2, 0) is 0 Å². The van der Waals surface area contributed by atoms with E-state index in [1.165, 1.54) is 76.5 Å². The van der Waals surface area contributed by atoms with Gasteiger partial charge in [0.25, 0.3) is 0 Å². The molecular formula is C46H28O. The molecule has 0 bridgehead atoms. The Labute approximate surface area is 271 Å². The number of hydrogen-bond donors (Lipinski definition) is 0. The van der Waals surface area contributed by atoms with Gasteiger partial charge >= 0.3 is 0 Å². The average Bonchev–Trinajstić information content (AvgIpc) is 3.53. The van der Waals surface area contributed by atoms with Gasteiger partial charge < -0.3 is 4.42 Å². The highest BCUT2D eigenvalue weighted by Gasteiger charge is 2.24. The molecule has 0 aliphatic heterocycles. The van der Waals surface area contributed by atoms with Crippen LogP contribution in [0.3, 0.4) is 0 Å². The average molecular weight is 597 g/mol. The predicted molar refractivity (Wildman–Crippen MR) is 200 cm³/mol. The van der Waals surface area contributed by atoms with E-state index in [2.05, 4.69) is 170 Å². The van der Waals surface area contributed by atoms with Crippen molar-refractivity contribution in [2.75, 3.05) is 0 Å². The van der Waals surface area contributed by atoms with Gasteiger partial charge in [-0.3, -0.25) is 0 Å². The fourth-order valence-electron chi connectivity index (χ4n) is 7.88. The second kappa shape index (κ2) is 10.2. The lowest BCUT2D eigenvalue weighted by atomic mass is 9.81. The first kappa shape index (κ1) is 26.1. The number of para-hydroxylation sites is 1. The van der Waals surface area contributed by atoms with Crippen LogP contribution in [0.1, 0.15) is 0 Å². The zero-order chi connectivity index (χ0) is 30.9. The molecule has 0 N–H and O–H groups in total. The maximum absolute atomic E-state index is 6.51. The molecule has 0 amide bonds. The van der Waals surface area contributed by atoms with Crippen LogP contribution in [0.2, 0.25) is 0 Å². The summed E-state index contributed by atoms with van der Waals surface area (Å²) in [4.78, 5) is 0. The highest BCUT2D eigenvalue weighted by Crippen LogP contribution is 2.50. The smallest absolute Gasteiger partial charge is 0.136 e. The summed E-state index contributed by atoms with van der Waals surface area (Å²) >= 11 is 0. The Hall–Kier alpha value is -6.18. The second-order valence-corrected chi connectivity index (χ2v) is 12.4. The van der Waals surface area contributed by atoms with Crippen molar-refractivity contribution in [3.05, 3.63) is 170 Å². The van der Waals surface area contributed by atoms with Gasteiger partial charge in [0, 0.05) is 16.3 Å². The van der Waals surface area contributed by atoms with Crippen molar-refractivity contribution in [1.82, 2.24) is 0 Å². The lowest BCUT2D eigenvalue weighted by Crippen LogP contribution is -1.94. The summed E-state index contributed by atoms with van der Waals surface area (Å²) in [6, 6.07) is 61.5. The molecule has 10 rings (SSSR count). The summed E-state index contributed by atoms with van der Waals surface area (Å²) in [5.74, 6) is 0. The molecule has 0 fully saturated rings. The number of fused-ring (bicyclic) bond motifs is 8. The molecule has 1 heteroatoms. The molecule has 1 aromatic heterocycles. The van der Waals surface area contributed by atoms with E-state index in [0.29, 0.717) is 0 Å². The van der Waals surface area contributed by atoms with Crippen molar-refractivity contribution in [2.24, 2.45) is 0 Å². The Balaban J connectivity index is 1.41. The lowest BCUT2D eigenvalue weighted by Gasteiger charge is -2.21. The number of benzene rings is 9. The van der Waals surface area contributed by atoms with Gasteiger partial charge in [-0.05, 0) is 83.0 Å². The van der Waals surface area contributed by atoms with E-state index in [1.807, 2.05) is 0 Å². The Morgan fingerprint density at radius 1 is 0.277 bits per heavy atom. The highest BCUT2D eigenvalue weighted by atomic mass is 16.3. The van der Waals surface area contributed by atoms with E-state index in [1.54, 1.807) is 0 Å². The van der Waals surface area contributed by atoms with Crippen LogP contribution >= 0.6 is 0 Å². The first-order chi connectivity index (χ1) is 23.3. The molecule has 9 aromatic carbocycles. The Bertz CT molecular complexity index is 2780. The van der Waals surface area contributed by atoms with Gasteiger partial charge in [0.2, 0.25) is 0 Å². The van der Waals surface area contributed by atoms with E-state index in [4.69, 9.17) is 4.42 Å². The van der Waals surface area contributed by atoms with Gasteiger partial charge in [-0.15, -0.1) is 0 Å².